The van der Waals surface area contributed by atoms with Crippen molar-refractivity contribution in [1.82, 2.24) is 9.78 Å². The van der Waals surface area contributed by atoms with Gasteiger partial charge in [-0.25, -0.2) is 0 Å². The minimum atomic E-state index is 0.415. The Morgan fingerprint density at radius 1 is 1.67 bits per heavy atom. The molecule has 0 aromatic carbocycles. The number of hydrogen-bond acceptors (Lipinski definition) is 4. The summed E-state index contributed by atoms with van der Waals surface area (Å²) in [5, 5.41) is 6.65. The van der Waals surface area contributed by atoms with Gasteiger partial charge in [-0.3, -0.25) is 9.48 Å². The molecular weight excluding hydrogens is 196 g/mol. The first-order valence-corrected chi connectivity index (χ1v) is 4.78. The first-order valence-electron chi connectivity index (χ1n) is 4.78. The predicted octanol–water partition coefficient (Wildman–Crippen LogP) is 0.242. The Morgan fingerprint density at radius 2 is 2.40 bits per heavy atom. The number of methoxy groups -OCH3 is 1. The summed E-state index contributed by atoms with van der Waals surface area (Å²) in [6.07, 6.45) is 1.34. The number of ether oxygens (including phenoxy) is 1. The van der Waals surface area contributed by atoms with Crippen molar-refractivity contribution in [2.75, 3.05) is 24.8 Å². The molecule has 0 aliphatic rings. The SMILES string of the molecule is CCc1c(N)c(NC=O)nn1CCOC. The average molecular weight is 212 g/mol. The first-order chi connectivity index (χ1) is 7.24. The molecule has 0 spiro atoms. The number of rotatable bonds is 6. The zero-order valence-corrected chi connectivity index (χ0v) is 8.99. The van der Waals surface area contributed by atoms with Crippen LogP contribution >= 0.6 is 0 Å². The summed E-state index contributed by atoms with van der Waals surface area (Å²) < 4.78 is 6.72. The number of hydrogen-bond donors (Lipinski definition) is 2. The molecular formula is C9H16N4O2. The van der Waals surface area contributed by atoms with Crippen molar-refractivity contribution < 1.29 is 9.53 Å². The molecule has 0 unspecified atom stereocenters. The molecule has 0 atom stereocenters. The van der Waals surface area contributed by atoms with E-state index in [2.05, 4.69) is 10.4 Å². The molecule has 0 aliphatic carbocycles. The molecule has 0 bridgehead atoms. The summed E-state index contributed by atoms with van der Waals surface area (Å²) in [6.45, 7) is 3.18. The number of carbonyl (C=O) groups excluding carboxylic acids is 1. The molecule has 0 radical (unpaired) electrons. The molecule has 1 heterocycles. The summed E-state index contributed by atoms with van der Waals surface area (Å²) in [4.78, 5) is 10.3. The molecule has 6 nitrogen and oxygen atoms in total. The largest absolute Gasteiger partial charge is 0.394 e. The lowest BCUT2D eigenvalue weighted by Gasteiger charge is -2.04. The summed E-state index contributed by atoms with van der Waals surface area (Å²) in [5.74, 6) is 0.415. The molecule has 0 saturated carbocycles. The fourth-order valence-electron chi connectivity index (χ4n) is 1.41. The molecule has 6 heteroatoms. The number of nitrogens with zero attached hydrogens (tertiary/aromatic N) is 2. The average Bonchev–Trinajstić information content (AvgIpc) is 2.53. The Labute approximate surface area is 88.4 Å². The molecule has 0 aliphatic heterocycles. The highest BCUT2D eigenvalue weighted by atomic mass is 16.5. The Kier molecular flexibility index (Phi) is 4.11. The molecule has 0 fully saturated rings. The predicted molar refractivity (Wildman–Crippen MR) is 57.6 cm³/mol. The monoisotopic (exact) mass is 212 g/mol. The smallest absolute Gasteiger partial charge is 0.212 e. The Morgan fingerprint density at radius 3 is 2.93 bits per heavy atom. The van der Waals surface area contributed by atoms with Crippen molar-refractivity contribution in [2.24, 2.45) is 0 Å². The highest BCUT2D eigenvalue weighted by molar-refractivity contribution is 5.77. The van der Waals surface area contributed by atoms with E-state index in [4.69, 9.17) is 10.5 Å². The topological polar surface area (TPSA) is 82.2 Å². The zero-order chi connectivity index (χ0) is 11.3. The second-order valence-corrected chi connectivity index (χ2v) is 3.04. The van der Waals surface area contributed by atoms with Gasteiger partial charge in [0.05, 0.1) is 24.5 Å². The van der Waals surface area contributed by atoms with Crippen molar-refractivity contribution in [3.05, 3.63) is 5.69 Å². The molecule has 3 N–H and O–H groups in total. The molecule has 1 amide bonds. The third-order valence-electron chi connectivity index (χ3n) is 2.14. The van der Waals surface area contributed by atoms with Gasteiger partial charge in [0, 0.05) is 7.11 Å². The summed E-state index contributed by atoms with van der Waals surface area (Å²) in [7, 11) is 1.63. The van der Waals surface area contributed by atoms with Crippen LogP contribution in [0.2, 0.25) is 0 Å². The van der Waals surface area contributed by atoms with Crippen LogP contribution in [0.5, 0.6) is 0 Å². The maximum Gasteiger partial charge on any atom is 0.212 e. The third kappa shape index (κ3) is 2.47. The maximum atomic E-state index is 10.3. The molecule has 1 rings (SSSR count). The van der Waals surface area contributed by atoms with Crippen molar-refractivity contribution in [3.63, 3.8) is 0 Å². The van der Waals surface area contributed by atoms with Crippen molar-refractivity contribution in [3.8, 4) is 0 Å². The number of nitrogens with two attached hydrogens (primary N) is 1. The highest BCUT2D eigenvalue weighted by Crippen LogP contribution is 2.21. The van der Waals surface area contributed by atoms with Crippen LogP contribution in [0.4, 0.5) is 11.5 Å². The van der Waals surface area contributed by atoms with Crippen molar-refractivity contribution in [1.29, 1.82) is 0 Å². The number of amides is 1. The standard InChI is InChI=1S/C9H16N4O2/c1-3-7-8(10)9(11-6-14)12-13(7)4-5-15-2/h6H,3-5,10H2,1-2H3,(H,11,12,14). The second-order valence-electron chi connectivity index (χ2n) is 3.04. The molecule has 1 aromatic heterocycles. The number of aromatic nitrogens is 2. The lowest BCUT2D eigenvalue weighted by Crippen LogP contribution is -2.09. The zero-order valence-electron chi connectivity index (χ0n) is 8.99. The van der Waals surface area contributed by atoms with Gasteiger partial charge in [-0.2, -0.15) is 5.10 Å². The van der Waals surface area contributed by atoms with E-state index in [9.17, 15) is 4.79 Å². The van der Waals surface area contributed by atoms with E-state index in [0.29, 0.717) is 31.1 Å². The quantitative estimate of drug-likeness (QED) is 0.662. The molecule has 84 valence electrons. The van der Waals surface area contributed by atoms with E-state index in [-0.39, 0.29) is 0 Å². The summed E-state index contributed by atoms with van der Waals surface area (Å²) in [5.41, 5.74) is 7.27. The van der Waals surface area contributed by atoms with Crippen LogP contribution in [-0.2, 0) is 22.5 Å². The van der Waals surface area contributed by atoms with Crippen LogP contribution in [0, 0.1) is 0 Å². The van der Waals surface area contributed by atoms with E-state index < -0.39 is 0 Å². The lowest BCUT2D eigenvalue weighted by atomic mass is 10.3. The molecule has 15 heavy (non-hydrogen) atoms. The number of carbonyl (C=O) groups is 1. The fourth-order valence-corrected chi connectivity index (χ4v) is 1.41. The van der Waals surface area contributed by atoms with Crippen molar-refractivity contribution in [2.45, 2.75) is 19.9 Å². The normalized spacial score (nSPS) is 10.3. The van der Waals surface area contributed by atoms with Crippen LogP contribution in [0.25, 0.3) is 0 Å². The van der Waals surface area contributed by atoms with Crippen LogP contribution in [0.3, 0.4) is 0 Å². The maximum absolute atomic E-state index is 10.3. The fraction of sp³-hybridized carbons (Fsp3) is 0.556. The van der Waals surface area contributed by atoms with Gasteiger partial charge in [0.15, 0.2) is 5.82 Å². The van der Waals surface area contributed by atoms with Crippen LogP contribution in [-0.4, -0.2) is 29.9 Å². The van der Waals surface area contributed by atoms with Gasteiger partial charge in [0.1, 0.15) is 0 Å². The number of nitrogen functional groups attached to an aromatic ring is 1. The summed E-state index contributed by atoms with van der Waals surface area (Å²) >= 11 is 0. The van der Waals surface area contributed by atoms with Crippen molar-refractivity contribution >= 4 is 17.9 Å². The van der Waals surface area contributed by atoms with E-state index in [1.54, 1.807) is 11.8 Å². The van der Waals surface area contributed by atoms with E-state index >= 15 is 0 Å². The van der Waals surface area contributed by atoms with Gasteiger partial charge in [0.2, 0.25) is 6.41 Å². The minimum absolute atomic E-state index is 0.415. The molecule has 1 aromatic rings. The lowest BCUT2D eigenvalue weighted by molar-refractivity contribution is -0.105. The molecule has 0 saturated heterocycles. The second kappa shape index (κ2) is 5.35. The van der Waals surface area contributed by atoms with Gasteiger partial charge < -0.3 is 15.8 Å². The number of nitrogens with one attached hydrogen (secondary N) is 1. The minimum Gasteiger partial charge on any atom is -0.394 e. The highest BCUT2D eigenvalue weighted by Gasteiger charge is 2.12. The van der Waals surface area contributed by atoms with Gasteiger partial charge in [-0.1, -0.05) is 6.92 Å². The van der Waals surface area contributed by atoms with Crippen LogP contribution in [0.1, 0.15) is 12.6 Å². The Balaban J connectivity index is 2.93. The first kappa shape index (κ1) is 11.5. The summed E-state index contributed by atoms with van der Waals surface area (Å²) in [6, 6.07) is 0. The van der Waals surface area contributed by atoms with Gasteiger partial charge >= 0.3 is 0 Å². The van der Waals surface area contributed by atoms with E-state index in [1.165, 1.54) is 0 Å². The van der Waals surface area contributed by atoms with Crippen LogP contribution < -0.4 is 11.1 Å². The van der Waals surface area contributed by atoms with Gasteiger partial charge in [-0.15, -0.1) is 0 Å². The third-order valence-corrected chi connectivity index (χ3v) is 2.14. The van der Waals surface area contributed by atoms with Gasteiger partial charge in [-0.05, 0) is 6.42 Å². The van der Waals surface area contributed by atoms with E-state index in [1.807, 2.05) is 6.92 Å². The van der Waals surface area contributed by atoms with E-state index in [0.717, 1.165) is 12.1 Å². The Bertz CT molecular complexity index is 335. The van der Waals surface area contributed by atoms with Crippen LogP contribution in [0.15, 0.2) is 0 Å². The van der Waals surface area contributed by atoms with Gasteiger partial charge in [0.25, 0.3) is 0 Å². The number of anilines is 2. The Hall–Kier alpha value is -1.56.